The summed E-state index contributed by atoms with van der Waals surface area (Å²) in [5, 5.41) is 3.43. The molecule has 1 aliphatic rings. The van der Waals surface area contributed by atoms with Gasteiger partial charge in [0.25, 0.3) is 5.91 Å². The lowest BCUT2D eigenvalue weighted by Crippen LogP contribution is -2.40. The van der Waals surface area contributed by atoms with Crippen LogP contribution in [0.3, 0.4) is 0 Å². The average Bonchev–Trinajstić information content (AvgIpc) is 2.49. The van der Waals surface area contributed by atoms with Crippen molar-refractivity contribution in [3.8, 4) is 0 Å². The maximum absolute atomic E-state index is 12.1. The zero-order valence-corrected chi connectivity index (χ0v) is 15.5. The lowest BCUT2D eigenvalue weighted by Gasteiger charge is -2.31. The van der Waals surface area contributed by atoms with E-state index in [1.807, 2.05) is 4.90 Å². The molecule has 1 aromatic carbocycles. The molecule has 0 radical (unpaired) electrons. The number of hydrogen-bond donors (Lipinski definition) is 1. The Hall–Kier alpha value is -0.820. The number of amides is 2. The molecular formula is C16H20ClIN2O2. The van der Waals surface area contributed by atoms with Crippen LogP contribution in [0.15, 0.2) is 18.2 Å². The standard InChI is InChI=1S/C16H20ClIN2O2/c1-11-3-2-8-20(10-11)15(21)6-7-19-16(22)12-4-5-13(17)14(18)9-12/h4-5,9,11H,2-3,6-8,10H2,1H3,(H,19,22). The van der Waals surface area contributed by atoms with Crippen LogP contribution in [0.5, 0.6) is 0 Å². The summed E-state index contributed by atoms with van der Waals surface area (Å²) < 4.78 is 0.838. The first kappa shape index (κ1) is 17.5. The van der Waals surface area contributed by atoms with E-state index in [1.165, 1.54) is 6.42 Å². The molecule has 1 fully saturated rings. The van der Waals surface area contributed by atoms with Gasteiger partial charge < -0.3 is 10.2 Å². The molecule has 120 valence electrons. The van der Waals surface area contributed by atoms with Gasteiger partial charge in [-0.3, -0.25) is 9.59 Å². The summed E-state index contributed by atoms with van der Waals surface area (Å²) in [6, 6.07) is 5.14. The number of nitrogens with zero attached hydrogens (tertiary/aromatic N) is 1. The third-order valence-corrected chi connectivity index (χ3v) is 5.36. The highest BCUT2D eigenvalue weighted by Crippen LogP contribution is 2.19. The van der Waals surface area contributed by atoms with E-state index in [0.717, 1.165) is 23.1 Å². The number of rotatable bonds is 4. The van der Waals surface area contributed by atoms with Gasteiger partial charge in [0.15, 0.2) is 0 Å². The SMILES string of the molecule is CC1CCCN(C(=O)CCNC(=O)c2ccc(Cl)c(I)c2)C1. The normalized spacial score (nSPS) is 18.1. The van der Waals surface area contributed by atoms with Gasteiger partial charge in [-0.1, -0.05) is 18.5 Å². The van der Waals surface area contributed by atoms with Gasteiger partial charge in [-0.05, 0) is 59.5 Å². The van der Waals surface area contributed by atoms with Crippen molar-refractivity contribution in [1.29, 1.82) is 0 Å². The molecule has 0 spiro atoms. The fourth-order valence-electron chi connectivity index (χ4n) is 2.60. The maximum Gasteiger partial charge on any atom is 0.251 e. The van der Waals surface area contributed by atoms with Gasteiger partial charge in [0.05, 0.1) is 5.02 Å². The molecule has 0 bridgehead atoms. The Kier molecular flexibility index (Phi) is 6.50. The first-order valence-electron chi connectivity index (χ1n) is 7.48. The highest BCUT2D eigenvalue weighted by molar-refractivity contribution is 14.1. The minimum Gasteiger partial charge on any atom is -0.352 e. The number of halogens is 2. The van der Waals surface area contributed by atoms with E-state index in [-0.39, 0.29) is 11.8 Å². The molecule has 1 atom stereocenters. The molecule has 0 saturated carbocycles. The molecule has 1 saturated heterocycles. The molecule has 0 aliphatic carbocycles. The van der Waals surface area contributed by atoms with Crippen LogP contribution >= 0.6 is 34.2 Å². The van der Waals surface area contributed by atoms with Gasteiger partial charge in [-0.25, -0.2) is 0 Å². The van der Waals surface area contributed by atoms with Gasteiger partial charge in [0, 0.05) is 35.2 Å². The van der Waals surface area contributed by atoms with Gasteiger partial charge in [0.1, 0.15) is 0 Å². The minimum absolute atomic E-state index is 0.123. The van der Waals surface area contributed by atoms with Crippen LogP contribution in [-0.4, -0.2) is 36.3 Å². The Morgan fingerprint density at radius 1 is 1.45 bits per heavy atom. The third-order valence-electron chi connectivity index (χ3n) is 3.82. The fraction of sp³-hybridized carbons (Fsp3) is 0.500. The summed E-state index contributed by atoms with van der Waals surface area (Å²) in [6.07, 6.45) is 2.61. The summed E-state index contributed by atoms with van der Waals surface area (Å²) in [5.41, 5.74) is 0.563. The third kappa shape index (κ3) is 4.84. The lowest BCUT2D eigenvalue weighted by molar-refractivity contribution is -0.132. The van der Waals surface area contributed by atoms with Crippen LogP contribution < -0.4 is 5.32 Å². The van der Waals surface area contributed by atoms with Crippen LogP contribution in [0, 0.1) is 9.49 Å². The van der Waals surface area contributed by atoms with Crippen molar-refractivity contribution in [1.82, 2.24) is 10.2 Å². The predicted molar refractivity (Wildman–Crippen MR) is 96.1 cm³/mol. The van der Waals surface area contributed by atoms with Crippen molar-refractivity contribution in [2.24, 2.45) is 5.92 Å². The molecule has 1 unspecified atom stereocenters. The topological polar surface area (TPSA) is 49.4 Å². The second-order valence-corrected chi connectivity index (χ2v) is 7.29. The Labute approximate surface area is 149 Å². The number of carbonyl (C=O) groups is 2. The Bertz CT molecular complexity index is 565. The van der Waals surface area contributed by atoms with Crippen molar-refractivity contribution in [2.75, 3.05) is 19.6 Å². The molecule has 4 nitrogen and oxygen atoms in total. The van der Waals surface area contributed by atoms with Gasteiger partial charge in [0.2, 0.25) is 5.91 Å². The van der Waals surface area contributed by atoms with Crippen molar-refractivity contribution >= 4 is 46.0 Å². The van der Waals surface area contributed by atoms with Crippen LogP contribution in [0.2, 0.25) is 5.02 Å². The smallest absolute Gasteiger partial charge is 0.251 e. The maximum atomic E-state index is 12.1. The second kappa shape index (κ2) is 8.15. The summed E-state index contributed by atoms with van der Waals surface area (Å²) >= 11 is 8.03. The largest absolute Gasteiger partial charge is 0.352 e. The number of benzene rings is 1. The van der Waals surface area contributed by atoms with Crippen molar-refractivity contribution in [3.05, 3.63) is 32.4 Å². The first-order valence-corrected chi connectivity index (χ1v) is 8.94. The number of piperidine rings is 1. The minimum atomic E-state index is -0.172. The van der Waals surface area contributed by atoms with Crippen molar-refractivity contribution in [2.45, 2.75) is 26.2 Å². The molecule has 2 rings (SSSR count). The summed E-state index contributed by atoms with van der Waals surface area (Å²) in [4.78, 5) is 26.1. The summed E-state index contributed by atoms with van der Waals surface area (Å²) in [6.45, 7) is 4.21. The molecule has 0 aromatic heterocycles. The average molecular weight is 435 g/mol. The van der Waals surface area contributed by atoms with E-state index >= 15 is 0 Å². The summed E-state index contributed by atoms with van der Waals surface area (Å²) in [7, 11) is 0. The van der Waals surface area contributed by atoms with E-state index in [4.69, 9.17) is 11.6 Å². The highest BCUT2D eigenvalue weighted by atomic mass is 127. The second-order valence-electron chi connectivity index (χ2n) is 5.72. The van der Waals surface area contributed by atoms with Crippen molar-refractivity contribution in [3.63, 3.8) is 0 Å². The number of likely N-dealkylation sites (tertiary alicyclic amines) is 1. The highest BCUT2D eigenvalue weighted by Gasteiger charge is 2.20. The fourth-order valence-corrected chi connectivity index (χ4v) is 3.23. The summed E-state index contributed by atoms with van der Waals surface area (Å²) in [5.74, 6) is 0.523. The monoisotopic (exact) mass is 434 g/mol. The van der Waals surface area contributed by atoms with E-state index < -0.39 is 0 Å². The number of hydrogen-bond acceptors (Lipinski definition) is 2. The van der Waals surface area contributed by atoms with Crippen LogP contribution in [-0.2, 0) is 4.79 Å². The number of carbonyl (C=O) groups excluding carboxylic acids is 2. The van der Waals surface area contributed by atoms with E-state index in [2.05, 4.69) is 34.8 Å². The Balaban J connectivity index is 1.79. The lowest BCUT2D eigenvalue weighted by atomic mass is 10.00. The molecule has 1 aromatic rings. The number of nitrogens with one attached hydrogen (secondary N) is 1. The zero-order valence-electron chi connectivity index (χ0n) is 12.6. The van der Waals surface area contributed by atoms with E-state index in [0.29, 0.717) is 29.5 Å². The van der Waals surface area contributed by atoms with Crippen LogP contribution in [0.1, 0.15) is 36.5 Å². The molecule has 2 amide bonds. The Morgan fingerprint density at radius 2 is 2.23 bits per heavy atom. The molecule has 1 heterocycles. The Morgan fingerprint density at radius 3 is 2.91 bits per heavy atom. The molecule has 1 aliphatic heterocycles. The quantitative estimate of drug-likeness (QED) is 0.739. The van der Waals surface area contributed by atoms with Crippen molar-refractivity contribution < 1.29 is 9.59 Å². The van der Waals surface area contributed by atoms with E-state index in [1.54, 1.807) is 18.2 Å². The van der Waals surface area contributed by atoms with Crippen LogP contribution in [0.25, 0.3) is 0 Å². The predicted octanol–water partition coefficient (Wildman–Crippen LogP) is 3.32. The molecular weight excluding hydrogens is 415 g/mol. The first-order chi connectivity index (χ1) is 10.5. The molecule has 22 heavy (non-hydrogen) atoms. The van der Waals surface area contributed by atoms with Gasteiger partial charge in [-0.2, -0.15) is 0 Å². The van der Waals surface area contributed by atoms with Gasteiger partial charge >= 0.3 is 0 Å². The molecule has 1 N–H and O–H groups in total. The molecule has 6 heteroatoms. The van der Waals surface area contributed by atoms with Gasteiger partial charge in [-0.15, -0.1) is 0 Å². The zero-order chi connectivity index (χ0) is 16.1. The van der Waals surface area contributed by atoms with E-state index in [9.17, 15) is 9.59 Å². The van der Waals surface area contributed by atoms with Crippen LogP contribution in [0.4, 0.5) is 0 Å².